The molecule has 3 aromatic rings. The van der Waals surface area contributed by atoms with Crippen molar-refractivity contribution in [3.63, 3.8) is 0 Å². The molecule has 1 aliphatic rings. The monoisotopic (exact) mass is 419 g/mol. The average Bonchev–Trinajstić information content (AvgIpc) is 3.18. The summed E-state index contributed by atoms with van der Waals surface area (Å²) in [6.07, 6.45) is 8.93. The highest BCUT2D eigenvalue weighted by Crippen LogP contribution is 2.24. The lowest BCUT2D eigenvalue weighted by Gasteiger charge is -2.31. The Bertz CT molecular complexity index is 1060. The molecule has 4 rings (SSSR count). The van der Waals surface area contributed by atoms with Crippen molar-refractivity contribution < 1.29 is 9.59 Å². The molecule has 2 heterocycles. The number of carbonyl (C=O) groups excluding carboxylic acids is 2. The molecule has 1 aromatic carbocycles. The summed E-state index contributed by atoms with van der Waals surface area (Å²) in [6.45, 7) is 2.10. The number of likely N-dealkylation sites (N-methyl/N-ethyl adjacent to an activating group) is 1. The van der Waals surface area contributed by atoms with E-state index in [2.05, 4.69) is 10.3 Å². The van der Waals surface area contributed by atoms with Crippen molar-refractivity contribution in [1.82, 2.24) is 24.8 Å². The largest absolute Gasteiger partial charge is 0.342 e. The second-order valence-corrected chi connectivity index (χ2v) is 8.27. The predicted octanol–water partition coefficient (Wildman–Crippen LogP) is 3.71. The van der Waals surface area contributed by atoms with Gasteiger partial charge in [0.05, 0.1) is 17.1 Å². The van der Waals surface area contributed by atoms with Crippen LogP contribution in [0.15, 0.2) is 48.8 Å². The average molecular weight is 420 g/mol. The van der Waals surface area contributed by atoms with Crippen LogP contribution in [0.4, 0.5) is 0 Å². The maximum atomic E-state index is 13.2. The van der Waals surface area contributed by atoms with Gasteiger partial charge in [0.2, 0.25) is 5.91 Å². The summed E-state index contributed by atoms with van der Waals surface area (Å²) >= 11 is 0. The molecule has 7 heteroatoms. The summed E-state index contributed by atoms with van der Waals surface area (Å²) in [5, 5.41) is 3.00. The van der Waals surface area contributed by atoms with Crippen molar-refractivity contribution in [3.05, 3.63) is 60.2 Å². The molecule has 1 aliphatic carbocycles. The molecule has 1 saturated carbocycles. The molecule has 0 radical (unpaired) electrons. The van der Waals surface area contributed by atoms with E-state index in [0.717, 1.165) is 23.9 Å². The van der Waals surface area contributed by atoms with Crippen LogP contribution < -0.4 is 5.32 Å². The van der Waals surface area contributed by atoms with E-state index in [4.69, 9.17) is 4.98 Å². The minimum absolute atomic E-state index is 0.0731. The van der Waals surface area contributed by atoms with Crippen LogP contribution in [0.3, 0.4) is 0 Å². The van der Waals surface area contributed by atoms with Gasteiger partial charge in [0, 0.05) is 31.0 Å². The van der Waals surface area contributed by atoms with Crippen LogP contribution in [0, 0.1) is 0 Å². The van der Waals surface area contributed by atoms with Gasteiger partial charge in [-0.15, -0.1) is 0 Å². The number of carbonyl (C=O) groups is 2. The first kappa shape index (κ1) is 21.0. The summed E-state index contributed by atoms with van der Waals surface area (Å²) in [6, 6.07) is 11.1. The number of para-hydroxylation sites is 2. The van der Waals surface area contributed by atoms with Crippen LogP contribution >= 0.6 is 0 Å². The zero-order valence-corrected chi connectivity index (χ0v) is 18.1. The molecular formula is C24H29N5O2. The topological polar surface area (TPSA) is 80.1 Å². The highest BCUT2D eigenvalue weighted by atomic mass is 16.2. The molecule has 0 bridgehead atoms. The third kappa shape index (κ3) is 4.60. The van der Waals surface area contributed by atoms with Crippen molar-refractivity contribution in [2.75, 3.05) is 7.05 Å². The Balaban J connectivity index is 1.58. The number of benzene rings is 1. The lowest BCUT2D eigenvalue weighted by atomic mass is 9.94. The van der Waals surface area contributed by atoms with Gasteiger partial charge in [-0.3, -0.25) is 14.6 Å². The highest BCUT2D eigenvalue weighted by molar-refractivity contribution is 5.94. The molecule has 2 aromatic heterocycles. The number of fused-ring (bicyclic) bond motifs is 1. The Morgan fingerprint density at radius 2 is 1.84 bits per heavy atom. The van der Waals surface area contributed by atoms with Gasteiger partial charge in [0.25, 0.3) is 5.91 Å². The minimum atomic E-state index is -0.360. The molecule has 1 unspecified atom stereocenters. The predicted molar refractivity (Wildman–Crippen MR) is 119 cm³/mol. The molecule has 0 spiro atoms. The molecule has 0 saturated heterocycles. The van der Waals surface area contributed by atoms with Crippen LogP contribution in [0.25, 0.3) is 11.0 Å². The van der Waals surface area contributed by atoms with Crippen molar-refractivity contribution in [1.29, 1.82) is 0 Å². The van der Waals surface area contributed by atoms with Crippen molar-refractivity contribution in [2.45, 2.75) is 57.7 Å². The van der Waals surface area contributed by atoms with Crippen LogP contribution in [0.1, 0.15) is 61.3 Å². The minimum Gasteiger partial charge on any atom is -0.342 e. The zero-order valence-electron chi connectivity index (χ0n) is 18.1. The van der Waals surface area contributed by atoms with Crippen LogP contribution in [0.2, 0.25) is 0 Å². The summed E-state index contributed by atoms with van der Waals surface area (Å²) < 4.78 is 1.94. The van der Waals surface area contributed by atoms with E-state index in [1.807, 2.05) is 47.7 Å². The van der Waals surface area contributed by atoms with Gasteiger partial charge in [-0.1, -0.05) is 31.4 Å². The molecule has 1 N–H and O–H groups in total. The summed E-state index contributed by atoms with van der Waals surface area (Å²) in [5.41, 5.74) is 2.25. The number of amides is 2. The van der Waals surface area contributed by atoms with Crippen LogP contribution in [0.5, 0.6) is 0 Å². The van der Waals surface area contributed by atoms with Crippen molar-refractivity contribution in [3.8, 4) is 0 Å². The van der Waals surface area contributed by atoms with Crippen molar-refractivity contribution in [2.24, 2.45) is 0 Å². The Labute approximate surface area is 182 Å². The third-order valence-electron chi connectivity index (χ3n) is 6.17. The summed E-state index contributed by atoms with van der Waals surface area (Å²) in [7, 11) is 1.91. The van der Waals surface area contributed by atoms with E-state index in [-0.39, 0.29) is 24.4 Å². The third-order valence-corrected chi connectivity index (χ3v) is 6.17. The van der Waals surface area contributed by atoms with E-state index in [9.17, 15) is 9.59 Å². The maximum Gasteiger partial charge on any atom is 0.251 e. The van der Waals surface area contributed by atoms with Gasteiger partial charge in [0.15, 0.2) is 0 Å². The Kier molecular flexibility index (Phi) is 6.30. The first-order chi connectivity index (χ1) is 15.0. The molecule has 1 fully saturated rings. The molecule has 2 amide bonds. The highest BCUT2D eigenvalue weighted by Gasteiger charge is 2.25. The Morgan fingerprint density at radius 3 is 2.58 bits per heavy atom. The van der Waals surface area contributed by atoms with E-state index < -0.39 is 0 Å². The quantitative estimate of drug-likeness (QED) is 0.660. The van der Waals surface area contributed by atoms with Crippen molar-refractivity contribution >= 4 is 22.8 Å². The first-order valence-electron chi connectivity index (χ1n) is 11.0. The fourth-order valence-electron chi connectivity index (χ4n) is 4.36. The second-order valence-electron chi connectivity index (χ2n) is 8.27. The van der Waals surface area contributed by atoms with Gasteiger partial charge in [-0.25, -0.2) is 4.98 Å². The number of imidazole rings is 1. The zero-order chi connectivity index (χ0) is 21.8. The van der Waals surface area contributed by atoms with Gasteiger partial charge < -0.3 is 14.8 Å². The number of aromatic nitrogens is 3. The molecule has 7 nitrogen and oxygen atoms in total. The fraction of sp³-hybridized carbons (Fsp3) is 0.417. The first-order valence-corrected chi connectivity index (χ1v) is 11.0. The van der Waals surface area contributed by atoms with Gasteiger partial charge in [0.1, 0.15) is 12.4 Å². The number of rotatable bonds is 6. The Hall–Kier alpha value is -3.22. The maximum absolute atomic E-state index is 13.2. The summed E-state index contributed by atoms with van der Waals surface area (Å²) in [4.78, 5) is 36.4. The SMILES string of the molecule is CC(NC(=O)c1ccncc1)c1nc2ccccc2n1CC(=O)N(C)C1CCCCC1. The molecule has 31 heavy (non-hydrogen) atoms. The number of pyridine rings is 1. The number of hydrogen-bond acceptors (Lipinski definition) is 4. The second kappa shape index (κ2) is 9.29. The lowest BCUT2D eigenvalue weighted by Crippen LogP contribution is -2.40. The van der Waals surface area contributed by atoms with Gasteiger partial charge in [-0.2, -0.15) is 0 Å². The fourth-order valence-corrected chi connectivity index (χ4v) is 4.36. The summed E-state index contributed by atoms with van der Waals surface area (Å²) in [5.74, 6) is 0.553. The molecule has 1 atom stereocenters. The van der Waals surface area contributed by atoms with E-state index in [1.165, 1.54) is 19.3 Å². The number of nitrogens with zero attached hydrogens (tertiary/aromatic N) is 4. The standard InChI is InChI=1S/C24H29N5O2/c1-17(26-24(31)18-12-14-25-15-13-18)23-27-20-10-6-7-11-21(20)29(23)16-22(30)28(2)19-8-4-3-5-9-19/h6-7,10-15,17,19H,3-5,8-9,16H2,1-2H3,(H,26,31). The van der Waals surface area contributed by atoms with Crippen LogP contribution in [-0.2, 0) is 11.3 Å². The van der Waals surface area contributed by atoms with E-state index >= 15 is 0 Å². The Morgan fingerprint density at radius 1 is 1.13 bits per heavy atom. The number of nitrogens with one attached hydrogen (secondary N) is 1. The molecule has 0 aliphatic heterocycles. The lowest BCUT2D eigenvalue weighted by molar-refractivity contribution is -0.133. The van der Waals surface area contributed by atoms with E-state index in [0.29, 0.717) is 17.4 Å². The molecular weight excluding hydrogens is 390 g/mol. The van der Waals surface area contributed by atoms with Gasteiger partial charge >= 0.3 is 0 Å². The molecule has 162 valence electrons. The normalized spacial score (nSPS) is 15.5. The number of hydrogen-bond donors (Lipinski definition) is 1. The smallest absolute Gasteiger partial charge is 0.251 e. The van der Waals surface area contributed by atoms with Gasteiger partial charge in [-0.05, 0) is 44.0 Å². The van der Waals surface area contributed by atoms with E-state index in [1.54, 1.807) is 24.5 Å². The van der Waals surface area contributed by atoms with Crippen LogP contribution in [-0.4, -0.2) is 44.3 Å².